The summed E-state index contributed by atoms with van der Waals surface area (Å²) in [7, 11) is 0. The predicted molar refractivity (Wildman–Crippen MR) is 77.9 cm³/mol. The fourth-order valence-electron chi connectivity index (χ4n) is 1.53. The molecule has 2 nitrogen and oxygen atoms in total. The Bertz CT molecular complexity index is 523. The summed E-state index contributed by atoms with van der Waals surface area (Å²) in [6.45, 7) is 4.71. The van der Waals surface area contributed by atoms with E-state index >= 15 is 0 Å². The van der Waals surface area contributed by atoms with Crippen molar-refractivity contribution in [2.24, 2.45) is 0 Å². The number of para-hydroxylation sites is 1. The van der Waals surface area contributed by atoms with Crippen molar-refractivity contribution in [3.8, 4) is 17.2 Å². The largest absolute Gasteiger partial charge is 0.490 e. The smallest absolute Gasteiger partial charge is 0.127 e. The summed E-state index contributed by atoms with van der Waals surface area (Å²) in [5.41, 5.74) is 1.25. The molecular formula is C17H18O2. The first-order valence-electron chi connectivity index (χ1n) is 6.33. The molecule has 0 atom stereocenters. The van der Waals surface area contributed by atoms with E-state index < -0.39 is 0 Å². The third-order valence-electron chi connectivity index (χ3n) is 2.54. The van der Waals surface area contributed by atoms with Crippen molar-refractivity contribution in [3.63, 3.8) is 0 Å². The second kappa shape index (κ2) is 6.64. The molecule has 0 fully saturated rings. The van der Waals surface area contributed by atoms with Crippen LogP contribution in [0.1, 0.15) is 13.8 Å². The molecule has 0 bridgehead atoms. The van der Waals surface area contributed by atoms with E-state index in [0.717, 1.165) is 17.2 Å². The molecule has 0 aliphatic rings. The highest BCUT2D eigenvalue weighted by Crippen LogP contribution is 2.23. The predicted octanol–water partition coefficient (Wildman–Crippen LogP) is 4.82. The molecule has 0 amide bonds. The molecule has 0 saturated heterocycles. The molecule has 98 valence electrons. The van der Waals surface area contributed by atoms with Crippen molar-refractivity contribution in [2.45, 2.75) is 13.8 Å². The molecule has 0 aliphatic heterocycles. The van der Waals surface area contributed by atoms with Crippen LogP contribution in [-0.4, -0.2) is 6.61 Å². The molecule has 0 aromatic heterocycles. The van der Waals surface area contributed by atoms with Crippen LogP contribution < -0.4 is 9.47 Å². The third kappa shape index (κ3) is 4.51. The van der Waals surface area contributed by atoms with Gasteiger partial charge in [-0.3, -0.25) is 0 Å². The van der Waals surface area contributed by atoms with Gasteiger partial charge in [0.1, 0.15) is 23.9 Å². The van der Waals surface area contributed by atoms with Gasteiger partial charge in [0.2, 0.25) is 0 Å². The van der Waals surface area contributed by atoms with Crippen LogP contribution in [0.25, 0.3) is 0 Å². The summed E-state index contributed by atoms with van der Waals surface area (Å²) in [5.74, 6) is 2.49. The summed E-state index contributed by atoms with van der Waals surface area (Å²) in [6, 6.07) is 17.4. The van der Waals surface area contributed by atoms with Crippen LogP contribution in [0.5, 0.6) is 17.2 Å². The zero-order valence-corrected chi connectivity index (χ0v) is 11.3. The van der Waals surface area contributed by atoms with Gasteiger partial charge < -0.3 is 9.47 Å². The van der Waals surface area contributed by atoms with E-state index in [2.05, 4.69) is 13.8 Å². The monoisotopic (exact) mass is 254 g/mol. The van der Waals surface area contributed by atoms with Gasteiger partial charge in [0.15, 0.2) is 0 Å². The number of allylic oxidation sites excluding steroid dienone is 1. The highest BCUT2D eigenvalue weighted by Gasteiger charge is 1.97. The summed E-state index contributed by atoms with van der Waals surface area (Å²) in [4.78, 5) is 0. The highest BCUT2D eigenvalue weighted by molar-refractivity contribution is 5.35. The standard InChI is InChI=1S/C17H18O2/c1-14(2)12-13-18-15-8-10-17(11-9-15)19-16-6-4-3-5-7-16/h3-12H,13H2,1-2H3. The van der Waals surface area contributed by atoms with Gasteiger partial charge >= 0.3 is 0 Å². The Labute approximate surface area is 114 Å². The minimum Gasteiger partial charge on any atom is -0.490 e. The number of ether oxygens (including phenoxy) is 2. The first-order chi connectivity index (χ1) is 9.24. The Morgan fingerprint density at radius 3 is 2.05 bits per heavy atom. The summed E-state index contributed by atoms with van der Waals surface area (Å²) in [5, 5.41) is 0. The Hall–Kier alpha value is -2.22. The molecule has 0 radical (unpaired) electrons. The molecule has 2 aromatic rings. The number of benzene rings is 2. The van der Waals surface area contributed by atoms with Gasteiger partial charge in [0.05, 0.1) is 0 Å². The maximum absolute atomic E-state index is 5.71. The van der Waals surface area contributed by atoms with E-state index in [4.69, 9.17) is 9.47 Å². The maximum Gasteiger partial charge on any atom is 0.127 e. The van der Waals surface area contributed by atoms with Gasteiger partial charge in [0.25, 0.3) is 0 Å². The Morgan fingerprint density at radius 1 is 0.842 bits per heavy atom. The zero-order chi connectivity index (χ0) is 13.5. The third-order valence-corrected chi connectivity index (χ3v) is 2.54. The first kappa shape index (κ1) is 13.2. The minimum absolute atomic E-state index is 0.598. The Morgan fingerprint density at radius 2 is 1.42 bits per heavy atom. The van der Waals surface area contributed by atoms with Gasteiger partial charge in [-0.25, -0.2) is 0 Å². The topological polar surface area (TPSA) is 18.5 Å². The average molecular weight is 254 g/mol. The molecule has 0 unspecified atom stereocenters. The number of hydrogen-bond acceptors (Lipinski definition) is 2. The second-order valence-electron chi connectivity index (χ2n) is 4.48. The van der Waals surface area contributed by atoms with Gasteiger partial charge in [-0.2, -0.15) is 0 Å². The molecule has 19 heavy (non-hydrogen) atoms. The van der Waals surface area contributed by atoms with E-state index in [9.17, 15) is 0 Å². The highest BCUT2D eigenvalue weighted by atomic mass is 16.5. The molecule has 0 heterocycles. The van der Waals surface area contributed by atoms with Crippen LogP contribution in [0.3, 0.4) is 0 Å². The van der Waals surface area contributed by atoms with Crippen molar-refractivity contribution < 1.29 is 9.47 Å². The minimum atomic E-state index is 0.598. The van der Waals surface area contributed by atoms with Gasteiger partial charge in [-0.1, -0.05) is 23.8 Å². The summed E-state index contributed by atoms with van der Waals surface area (Å²) < 4.78 is 11.3. The lowest BCUT2D eigenvalue weighted by atomic mass is 10.3. The van der Waals surface area contributed by atoms with Gasteiger partial charge in [-0.15, -0.1) is 0 Å². The normalized spacial score (nSPS) is 9.79. The molecule has 0 N–H and O–H groups in total. The molecule has 2 heteroatoms. The fraction of sp³-hybridized carbons (Fsp3) is 0.176. The number of rotatable bonds is 5. The van der Waals surface area contributed by atoms with Crippen molar-refractivity contribution in [1.82, 2.24) is 0 Å². The van der Waals surface area contributed by atoms with E-state index in [1.54, 1.807) is 0 Å². The molecule has 0 saturated carbocycles. The van der Waals surface area contributed by atoms with Crippen LogP contribution in [0.2, 0.25) is 0 Å². The van der Waals surface area contributed by atoms with E-state index in [0.29, 0.717) is 6.61 Å². The Balaban J connectivity index is 1.93. The summed E-state index contributed by atoms with van der Waals surface area (Å²) >= 11 is 0. The van der Waals surface area contributed by atoms with E-state index in [1.807, 2.05) is 60.7 Å². The van der Waals surface area contributed by atoms with E-state index in [1.165, 1.54) is 5.57 Å². The quantitative estimate of drug-likeness (QED) is 0.712. The molecule has 0 aliphatic carbocycles. The summed E-state index contributed by atoms with van der Waals surface area (Å²) in [6.07, 6.45) is 2.05. The molecule has 2 aromatic carbocycles. The average Bonchev–Trinajstić information content (AvgIpc) is 2.42. The lowest BCUT2D eigenvalue weighted by molar-refractivity contribution is 0.361. The van der Waals surface area contributed by atoms with Crippen molar-refractivity contribution in [2.75, 3.05) is 6.61 Å². The zero-order valence-electron chi connectivity index (χ0n) is 11.3. The van der Waals surface area contributed by atoms with Crippen LogP contribution >= 0.6 is 0 Å². The first-order valence-corrected chi connectivity index (χ1v) is 6.33. The lowest BCUT2D eigenvalue weighted by Gasteiger charge is -2.07. The SMILES string of the molecule is CC(C)=CCOc1ccc(Oc2ccccc2)cc1. The van der Waals surface area contributed by atoms with Crippen LogP contribution in [0, 0.1) is 0 Å². The molecule has 0 spiro atoms. The van der Waals surface area contributed by atoms with E-state index in [-0.39, 0.29) is 0 Å². The van der Waals surface area contributed by atoms with Gasteiger partial charge in [-0.05, 0) is 56.3 Å². The molecule has 2 rings (SSSR count). The van der Waals surface area contributed by atoms with Crippen LogP contribution in [0.15, 0.2) is 66.2 Å². The maximum atomic E-state index is 5.71. The van der Waals surface area contributed by atoms with Crippen LogP contribution in [-0.2, 0) is 0 Å². The number of hydrogen-bond donors (Lipinski definition) is 0. The lowest BCUT2D eigenvalue weighted by Crippen LogP contribution is -1.93. The van der Waals surface area contributed by atoms with Gasteiger partial charge in [0, 0.05) is 0 Å². The Kier molecular flexibility index (Phi) is 4.62. The molecular weight excluding hydrogens is 236 g/mol. The fourth-order valence-corrected chi connectivity index (χ4v) is 1.53. The van der Waals surface area contributed by atoms with Crippen molar-refractivity contribution >= 4 is 0 Å². The van der Waals surface area contributed by atoms with Crippen molar-refractivity contribution in [3.05, 3.63) is 66.2 Å². The second-order valence-corrected chi connectivity index (χ2v) is 4.48. The van der Waals surface area contributed by atoms with Crippen LogP contribution in [0.4, 0.5) is 0 Å². The van der Waals surface area contributed by atoms with Crippen molar-refractivity contribution in [1.29, 1.82) is 0 Å².